The Labute approximate surface area is 270 Å². The van der Waals surface area contributed by atoms with Gasteiger partial charge in [0.1, 0.15) is 0 Å². The Kier molecular flexibility index (Phi) is 8.98. The highest BCUT2D eigenvalue weighted by Crippen LogP contribution is 2.42. The topological polar surface area (TPSA) is 40.6 Å². The van der Waals surface area contributed by atoms with Gasteiger partial charge in [0, 0.05) is 47.0 Å². The number of rotatable bonds is 12. The van der Waals surface area contributed by atoms with Crippen molar-refractivity contribution in [1.29, 1.82) is 0 Å². The van der Waals surface area contributed by atoms with E-state index in [0.717, 1.165) is 56.0 Å². The first-order chi connectivity index (χ1) is 22.6. The molecule has 4 nitrogen and oxygen atoms in total. The fraction of sp³-hybridized carbons (Fsp3) is 0.0476. The second-order valence-corrected chi connectivity index (χ2v) is 11.0. The molecule has 0 atom stereocenters. The van der Waals surface area contributed by atoms with Crippen LogP contribution >= 0.6 is 0 Å². The smallest absolute Gasteiger partial charge is 0.159 e. The van der Waals surface area contributed by atoms with E-state index in [0.29, 0.717) is 0 Å². The molecule has 0 spiro atoms. The molecule has 6 rings (SSSR count). The summed E-state index contributed by atoms with van der Waals surface area (Å²) in [6.45, 7) is 7.52. The number of carbonyl (C=O) groups excluding carboxylic acids is 2. The first kappa shape index (κ1) is 30.0. The fourth-order valence-corrected chi connectivity index (χ4v) is 5.85. The Morgan fingerprint density at radius 1 is 0.435 bits per heavy atom. The number of nitrogens with zero attached hydrogens (tertiary/aromatic N) is 2. The summed E-state index contributed by atoms with van der Waals surface area (Å²) in [5.74, 6) is -0.164. The lowest BCUT2D eigenvalue weighted by atomic mass is 9.92. The quantitative estimate of drug-likeness (QED) is 0.131. The number of benzene rings is 6. The van der Waals surface area contributed by atoms with Gasteiger partial charge in [-0.05, 0) is 107 Å². The lowest BCUT2D eigenvalue weighted by molar-refractivity contribution is -0.114. The third-order valence-electron chi connectivity index (χ3n) is 7.97. The van der Waals surface area contributed by atoms with Gasteiger partial charge >= 0.3 is 0 Å². The molecular formula is C42H34N2O2. The van der Waals surface area contributed by atoms with Gasteiger partial charge in [-0.3, -0.25) is 9.59 Å². The SMILES string of the molecule is C=CC(=O)Cc1cc(N(c2ccccc2)c2ccccc2)cc2c(CC(=O)C=C)cc(N(c3ccccc3)c3ccccc3)cc12. The Balaban J connectivity index is 1.66. The molecule has 224 valence electrons. The van der Waals surface area contributed by atoms with Gasteiger partial charge in [-0.15, -0.1) is 0 Å². The molecule has 4 heteroatoms. The van der Waals surface area contributed by atoms with Crippen molar-refractivity contribution < 1.29 is 9.59 Å². The second kappa shape index (κ2) is 13.7. The molecule has 0 unspecified atom stereocenters. The molecule has 0 N–H and O–H groups in total. The first-order valence-corrected chi connectivity index (χ1v) is 15.3. The van der Waals surface area contributed by atoms with Crippen LogP contribution in [0.4, 0.5) is 34.1 Å². The highest BCUT2D eigenvalue weighted by atomic mass is 16.1. The van der Waals surface area contributed by atoms with E-state index >= 15 is 0 Å². The maximum Gasteiger partial charge on any atom is 0.159 e. The van der Waals surface area contributed by atoms with Crippen molar-refractivity contribution in [2.45, 2.75) is 12.8 Å². The molecular weight excluding hydrogens is 564 g/mol. The van der Waals surface area contributed by atoms with Crippen LogP contribution in [0.25, 0.3) is 10.8 Å². The molecule has 6 aromatic rings. The zero-order valence-corrected chi connectivity index (χ0v) is 25.6. The summed E-state index contributed by atoms with van der Waals surface area (Å²) in [7, 11) is 0. The van der Waals surface area contributed by atoms with Gasteiger partial charge in [0.25, 0.3) is 0 Å². The summed E-state index contributed by atoms with van der Waals surface area (Å²) in [5, 5.41) is 1.81. The third-order valence-corrected chi connectivity index (χ3v) is 7.97. The van der Waals surface area contributed by atoms with Crippen LogP contribution in [0.2, 0.25) is 0 Å². The number of fused-ring (bicyclic) bond motifs is 1. The zero-order chi connectivity index (χ0) is 31.9. The van der Waals surface area contributed by atoms with E-state index in [1.807, 2.05) is 72.8 Å². The predicted octanol–water partition coefficient (Wildman–Crippen LogP) is 10.4. The number of carbonyl (C=O) groups is 2. The standard InChI is InChI=1S/C42H34N2O2/c1-3-39(45)27-31-25-37(43(33-17-9-5-10-18-33)34-19-11-6-12-20-34)30-42-32(28-40(46)4-2)26-38(29-41(31)42)44(35-21-13-7-14-22-35)36-23-15-8-16-24-36/h3-26,29-30H,1-2,27-28H2. The molecule has 0 aromatic heterocycles. The summed E-state index contributed by atoms with van der Waals surface area (Å²) in [5.41, 5.74) is 7.40. The molecule has 46 heavy (non-hydrogen) atoms. The first-order valence-electron chi connectivity index (χ1n) is 15.3. The summed E-state index contributed by atoms with van der Waals surface area (Å²) in [6.07, 6.45) is 3.08. The third kappa shape index (κ3) is 6.42. The number of ketones is 2. The predicted molar refractivity (Wildman–Crippen MR) is 191 cm³/mol. The highest BCUT2D eigenvalue weighted by Gasteiger charge is 2.21. The number of para-hydroxylation sites is 4. The van der Waals surface area contributed by atoms with Crippen molar-refractivity contribution in [2.24, 2.45) is 0 Å². The van der Waals surface area contributed by atoms with E-state index in [4.69, 9.17) is 0 Å². The molecule has 0 aliphatic rings. The molecule has 0 radical (unpaired) electrons. The molecule has 0 heterocycles. The summed E-state index contributed by atoms with van der Waals surface area (Å²) in [4.78, 5) is 30.4. The molecule has 0 saturated carbocycles. The van der Waals surface area contributed by atoms with Crippen molar-refractivity contribution in [3.63, 3.8) is 0 Å². The van der Waals surface area contributed by atoms with Crippen LogP contribution in [-0.4, -0.2) is 11.6 Å². The van der Waals surface area contributed by atoms with E-state index in [-0.39, 0.29) is 24.4 Å². The average molecular weight is 599 g/mol. The van der Waals surface area contributed by atoms with Crippen LogP contribution in [0.3, 0.4) is 0 Å². The van der Waals surface area contributed by atoms with Crippen molar-refractivity contribution in [3.05, 3.63) is 182 Å². The van der Waals surface area contributed by atoms with Crippen LogP contribution in [0.15, 0.2) is 171 Å². The van der Waals surface area contributed by atoms with E-state index in [9.17, 15) is 9.59 Å². The maximum atomic E-state index is 13.0. The Morgan fingerprint density at radius 3 is 0.978 bits per heavy atom. The summed E-state index contributed by atoms with van der Waals surface area (Å²) >= 11 is 0. The number of anilines is 6. The molecule has 0 saturated heterocycles. The molecule has 0 bridgehead atoms. The molecule has 0 fully saturated rings. The van der Waals surface area contributed by atoms with Crippen LogP contribution in [0.1, 0.15) is 11.1 Å². The van der Waals surface area contributed by atoms with Crippen LogP contribution in [0, 0.1) is 0 Å². The second-order valence-electron chi connectivity index (χ2n) is 11.0. The normalized spacial score (nSPS) is 10.7. The van der Waals surface area contributed by atoms with Gasteiger partial charge in [0.2, 0.25) is 0 Å². The lowest BCUT2D eigenvalue weighted by Crippen LogP contribution is -2.13. The molecule has 6 aromatic carbocycles. The minimum Gasteiger partial charge on any atom is -0.310 e. The number of allylic oxidation sites excluding steroid dienone is 2. The minimum atomic E-state index is -0.0819. The van der Waals surface area contributed by atoms with Gasteiger partial charge in [-0.2, -0.15) is 0 Å². The highest BCUT2D eigenvalue weighted by molar-refractivity contribution is 6.03. The van der Waals surface area contributed by atoms with E-state index in [2.05, 4.69) is 95.8 Å². The number of hydrogen-bond donors (Lipinski definition) is 0. The fourth-order valence-electron chi connectivity index (χ4n) is 5.85. The molecule has 0 aliphatic carbocycles. The van der Waals surface area contributed by atoms with Gasteiger partial charge in [-0.1, -0.05) is 86.0 Å². The minimum absolute atomic E-state index is 0.0819. The summed E-state index contributed by atoms with van der Waals surface area (Å²) in [6, 6.07) is 49.0. The van der Waals surface area contributed by atoms with Crippen LogP contribution in [-0.2, 0) is 22.4 Å². The van der Waals surface area contributed by atoms with Crippen molar-refractivity contribution in [1.82, 2.24) is 0 Å². The van der Waals surface area contributed by atoms with Crippen molar-refractivity contribution in [3.8, 4) is 0 Å². The average Bonchev–Trinajstić information content (AvgIpc) is 3.10. The van der Waals surface area contributed by atoms with Gasteiger partial charge in [-0.25, -0.2) is 0 Å². The Hall–Kier alpha value is -6.00. The van der Waals surface area contributed by atoms with E-state index in [1.165, 1.54) is 12.2 Å². The van der Waals surface area contributed by atoms with E-state index in [1.54, 1.807) is 0 Å². The Morgan fingerprint density at radius 2 is 0.717 bits per heavy atom. The van der Waals surface area contributed by atoms with Crippen molar-refractivity contribution in [2.75, 3.05) is 9.80 Å². The van der Waals surface area contributed by atoms with Crippen molar-refractivity contribution >= 4 is 56.5 Å². The maximum absolute atomic E-state index is 13.0. The summed E-state index contributed by atoms with van der Waals surface area (Å²) < 4.78 is 0. The molecule has 0 aliphatic heterocycles. The largest absolute Gasteiger partial charge is 0.310 e. The zero-order valence-electron chi connectivity index (χ0n) is 25.6. The van der Waals surface area contributed by atoms with Gasteiger partial charge in [0.15, 0.2) is 11.6 Å². The van der Waals surface area contributed by atoms with Gasteiger partial charge < -0.3 is 9.80 Å². The molecule has 0 amide bonds. The van der Waals surface area contributed by atoms with Crippen LogP contribution in [0.5, 0.6) is 0 Å². The van der Waals surface area contributed by atoms with E-state index < -0.39 is 0 Å². The van der Waals surface area contributed by atoms with Crippen LogP contribution < -0.4 is 9.80 Å². The lowest BCUT2D eigenvalue weighted by Gasteiger charge is -2.29. The van der Waals surface area contributed by atoms with Gasteiger partial charge in [0.05, 0.1) is 0 Å². The number of hydrogen-bond acceptors (Lipinski definition) is 4. The Bertz CT molecular complexity index is 1780. The monoisotopic (exact) mass is 598 g/mol.